The van der Waals surface area contributed by atoms with Gasteiger partial charge in [-0.15, -0.1) is 0 Å². The molecule has 2 aromatic rings. The van der Waals surface area contributed by atoms with E-state index in [0.29, 0.717) is 17.8 Å². The van der Waals surface area contributed by atoms with E-state index in [-0.39, 0.29) is 17.5 Å². The molecule has 1 aliphatic carbocycles. The first-order valence-electron chi connectivity index (χ1n) is 7.98. The monoisotopic (exact) mass is 339 g/mol. The van der Waals surface area contributed by atoms with Crippen molar-refractivity contribution in [2.24, 2.45) is 5.92 Å². The van der Waals surface area contributed by atoms with Crippen LogP contribution in [-0.2, 0) is 14.3 Å². The van der Waals surface area contributed by atoms with Crippen molar-refractivity contribution in [3.05, 3.63) is 77.8 Å². The Labute approximate surface area is 145 Å². The van der Waals surface area contributed by atoms with Gasteiger partial charge in [-0.3, -0.25) is 9.59 Å². The predicted octanol–water partition coefficient (Wildman–Crippen LogP) is 3.67. The average Bonchev–Trinajstić information content (AvgIpc) is 2.63. The number of rotatable bonds is 4. The average molecular weight is 339 g/mol. The third-order valence-corrected chi connectivity index (χ3v) is 4.30. The number of halogens is 1. The van der Waals surface area contributed by atoms with Crippen LogP contribution in [0.25, 0.3) is 0 Å². The van der Waals surface area contributed by atoms with Gasteiger partial charge in [-0.1, -0.05) is 30.3 Å². The number of methoxy groups -OCH3 is 1. The van der Waals surface area contributed by atoms with Gasteiger partial charge in [-0.25, -0.2) is 4.39 Å². The smallest absolute Gasteiger partial charge is 0.317 e. The molecule has 1 aliphatic rings. The van der Waals surface area contributed by atoms with Crippen molar-refractivity contribution in [2.75, 3.05) is 12.4 Å². The van der Waals surface area contributed by atoms with Crippen molar-refractivity contribution in [1.29, 1.82) is 0 Å². The van der Waals surface area contributed by atoms with Crippen LogP contribution in [0.1, 0.15) is 17.9 Å². The largest absolute Gasteiger partial charge is 0.468 e. The molecule has 1 N–H and O–H groups in total. The second kappa shape index (κ2) is 7.30. The molecule has 0 unspecified atom stereocenters. The minimum absolute atomic E-state index is 0.295. The van der Waals surface area contributed by atoms with Crippen LogP contribution in [-0.4, -0.2) is 18.9 Å². The van der Waals surface area contributed by atoms with Gasteiger partial charge in [0.25, 0.3) is 0 Å². The summed E-state index contributed by atoms with van der Waals surface area (Å²) in [4.78, 5) is 24.7. The molecule has 0 aliphatic heterocycles. The van der Waals surface area contributed by atoms with Gasteiger partial charge in [0.15, 0.2) is 5.78 Å². The van der Waals surface area contributed by atoms with Crippen LogP contribution in [0.3, 0.4) is 0 Å². The van der Waals surface area contributed by atoms with Crippen molar-refractivity contribution in [3.8, 4) is 0 Å². The van der Waals surface area contributed by atoms with E-state index in [2.05, 4.69) is 5.32 Å². The normalized spacial score (nSPS) is 19.9. The molecule has 128 valence electrons. The Hall–Kier alpha value is -2.95. The highest BCUT2D eigenvalue weighted by atomic mass is 19.1. The number of ether oxygens (including phenoxy) is 1. The first kappa shape index (κ1) is 16.9. The summed E-state index contributed by atoms with van der Waals surface area (Å²) in [6.07, 6.45) is 1.91. The van der Waals surface area contributed by atoms with Crippen LogP contribution in [0.2, 0.25) is 0 Å². The molecule has 0 saturated carbocycles. The first-order chi connectivity index (χ1) is 12.1. The van der Waals surface area contributed by atoms with Crippen LogP contribution < -0.4 is 5.32 Å². The van der Waals surface area contributed by atoms with E-state index in [1.807, 2.05) is 30.3 Å². The Balaban J connectivity index is 1.90. The lowest BCUT2D eigenvalue weighted by molar-refractivity contribution is -0.149. The van der Waals surface area contributed by atoms with Gasteiger partial charge in [-0.2, -0.15) is 0 Å². The minimum atomic E-state index is -0.855. The number of hydrogen-bond donors (Lipinski definition) is 1. The lowest BCUT2D eigenvalue weighted by Gasteiger charge is -2.29. The van der Waals surface area contributed by atoms with Gasteiger partial charge in [0.05, 0.1) is 7.11 Å². The number of benzene rings is 2. The number of nitrogens with one attached hydrogen (secondary N) is 1. The van der Waals surface area contributed by atoms with E-state index in [4.69, 9.17) is 4.74 Å². The molecule has 0 fully saturated rings. The number of carbonyl (C=O) groups excluding carboxylic acids is 2. The van der Waals surface area contributed by atoms with Crippen LogP contribution in [0, 0.1) is 11.7 Å². The molecule has 0 spiro atoms. The SMILES string of the molecule is COC(=O)[C@H]1C(=O)C=C(Nc2ccc(F)cc2)C[C@H]1c1ccccc1. The molecule has 0 bridgehead atoms. The van der Waals surface area contributed by atoms with E-state index < -0.39 is 11.9 Å². The van der Waals surface area contributed by atoms with E-state index in [1.54, 1.807) is 12.1 Å². The van der Waals surface area contributed by atoms with Crippen LogP contribution in [0.4, 0.5) is 10.1 Å². The fraction of sp³-hybridized carbons (Fsp3) is 0.200. The van der Waals surface area contributed by atoms with Gasteiger partial charge in [0, 0.05) is 23.4 Å². The zero-order valence-electron chi connectivity index (χ0n) is 13.7. The van der Waals surface area contributed by atoms with Crippen molar-refractivity contribution in [3.63, 3.8) is 0 Å². The second-order valence-corrected chi connectivity index (χ2v) is 5.93. The summed E-state index contributed by atoms with van der Waals surface area (Å²) >= 11 is 0. The fourth-order valence-corrected chi connectivity index (χ4v) is 3.10. The maximum atomic E-state index is 13.0. The van der Waals surface area contributed by atoms with Gasteiger partial charge in [-0.05, 0) is 36.2 Å². The quantitative estimate of drug-likeness (QED) is 0.682. The predicted molar refractivity (Wildman–Crippen MR) is 92.4 cm³/mol. The summed E-state index contributed by atoms with van der Waals surface area (Å²) < 4.78 is 17.9. The second-order valence-electron chi connectivity index (χ2n) is 5.93. The van der Waals surface area contributed by atoms with Crippen molar-refractivity contribution in [1.82, 2.24) is 0 Å². The fourth-order valence-electron chi connectivity index (χ4n) is 3.10. The number of hydrogen-bond acceptors (Lipinski definition) is 4. The van der Waals surface area contributed by atoms with E-state index >= 15 is 0 Å². The molecule has 4 nitrogen and oxygen atoms in total. The summed E-state index contributed by atoms with van der Waals surface area (Å²) in [5.41, 5.74) is 2.27. The maximum absolute atomic E-state index is 13.0. The molecule has 0 amide bonds. The molecule has 2 atom stereocenters. The summed E-state index contributed by atoms with van der Waals surface area (Å²) in [6.45, 7) is 0. The Morgan fingerprint density at radius 2 is 1.80 bits per heavy atom. The Morgan fingerprint density at radius 3 is 2.44 bits per heavy atom. The lowest BCUT2D eigenvalue weighted by Crippen LogP contribution is -2.34. The zero-order chi connectivity index (χ0) is 17.8. The van der Waals surface area contributed by atoms with Gasteiger partial charge >= 0.3 is 5.97 Å². The van der Waals surface area contributed by atoms with Crippen molar-refractivity contribution >= 4 is 17.4 Å². The number of esters is 1. The molecule has 0 saturated heterocycles. The van der Waals surface area contributed by atoms with Crippen LogP contribution >= 0.6 is 0 Å². The molecule has 0 aromatic heterocycles. The van der Waals surface area contributed by atoms with Gasteiger partial charge < -0.3 is 10.1 Å². The minimum Gasteiger partial charge on any atom is -0.468 e. The van der Waals surface area contributed by atoms with Gasteiger partial charge in [0.2, 0.25) is 0 Å². The Kier molecular flexibility index (Phi) is 4.93. The Morgan fingerprint density at radius 1 is 1.12 bits per heavy atom. The third-order valence-electron chi connectivity index (χ3n) is 4.30. The summed E-state index contributed by atoms with van der Waals surface area (Å²) in [5.74, 6) is -2.32. The molecule has 25 heavy (non-hydrogen) atoms. The molecule has 3 rings (SSSR count). The first-order valence-corrected chi connectivity index (χ1v) is 7.98. The maximum Gasteiger partial charge on any atom is 0.317 e. The van der Waals surface area contributed by atoms with Crippen LogP contribution in [0.5, 0.6) is 0 Å². The summed E-state index contributed by atoms with van der Waals surface area (Å²) in [5, 5.41) is 3.14. The summed E-state index contributed by atoms with van der Waals surface area (Å²) in [6, 6.07) is 15.3. The molecule has 0 radical (unpaired) electrons. The number of anilines is 1. The molecule has 5 heteroatoms. The lowest BCUT2D eigenvalue weighted by atomic mass is 9.76. The summed E-state index contributed by atoms with van der Waals surface area (Å²) in [7, 11) is 1.29. The molecular weight excluding hydrogens is 321 g/mol. The highest BCUT2D eigenvalue weighted by molar-refractivity contribution is 6.07. The molecule has 2 aromatic carbocycles. The highest BCUT2D eigenvalue weighted by Gasteiger charge is 2.39. The highest BCUT2D eigenvalue weighted by Crippen LogP contribution is 2.37. The number of allylic oxidation sites excluding steroid dienone is 2. The number of ketones is 1. The standard InChI is InChI=1S/C20H18FNO3/c1-25-20(24)19-17(13-5-3-2-4-6-13)11-16(12-18(19)23)22-15-9-7-14(21)8-10-15/h2-10,12,17,19,22H,11H2,1H3/t17-,19+/m0/s1. The van der Waals surface area contributed by atoms with E-state index in [9.17, 15) is 14.0 Å². The number of carbonyl (C=O) groups is 2. The third kappa shape index (κ3) is 3.76. The van der Waals surface area contributed by atoms with Crippen molar-refractivity contribution in [2.45, 2.75) is 12.3 Å². The van der Waals surface area contributed by atoms with E-state index in [0.717, 1.165) is 5.56 Å². The van der Waals surface area contributed by atoms with Gasteiger partial charge in [0.1, 0.15) is 11.7 Å². The molecule has 0 heterocycles. The van der Waals surface area contributed by atoms with Crippen LogP contribution in [0.15, 0.2) is 66.4 Å². The zero-order valence-corrected chi connectivity index (χ0v) is 13.7. The van der Waals surface area contributed by atoms with E-state index in [1.165, 1.54) is 25.3 Å². The Bertz CT molecular complexity index is 799. The molecular formula is C20H18FNO3. The van der Waals surface area contributed by atoms with Crippen molar-refractivity contribution < 1.29 is 18.7 Å². The topological polar surface area (TPSA) is 55.4 Å².